The molecular formula is C22H19N3O. The molecule has 0 saturated carbocycles. The molecule has 0 saturated heterocycles. The number of fused-ring (bicyclic) bond motifs is 1. The van der Waals surface area contributed by atoms with Crippen molar-refractivity contribution in [3.63, 3.8) is 0 Å². The molecule has 0 fully saturated rings. The first-order chi connectivity index (χ1) is 12.8. The Labute approximate surface area is 152 Å². The van der Waals surface area contributed by atoms with Crippen LogP contribution in [0.15, 0.2) is 91.5 Å². The first-order valence-electron chi connectivity index (χ1n) is 8.61. The molecule has 128 valence electrons. The molecule has 2 aromatic heterocycles. The number of rotatable bonds is 5. The number of pyridine rings is 1. The summed E-state index contributed by atoms with van der Waals surface area (Å²) in [5.41, 5.74) is 1.85. The highest BCUT2D eigenvalue weighted by Gasteiger charge is 2.19. The molecule has 4 aromatic rings. The van der Waals surface area contributed by atoms with Crippen LogP contribution in [0.3, 0.4) is 0 Å². The Morgan fingerprint density at radius 3 is 2.58 bits per heavy atom. The fourth-order valence-electron chi connectivity index (χ4n) is 3.30. The van der Waals surface area contributed by atoms with Crippen LogP contribution >= 0.6 is 0 Å². The molecule has 1 amide bonds. The number of benzene rings is 2. The first kappa shape index (κ1) is 16.1. The monoisotopic (exact) mass is 341 g/mol. The maximum Gasteiger partial charge on any atom is 0.226 e. The maximum atomic E-state index is 12.7. The molecule has 0 bridgehead atoms. The van der Waals surface area contributed by atoms with Gasteiger partial charge in [-0.1, -0.05) is 42.5 Å². The van der Waals surface area contributed by atoms with Crippen molar-refractivity contribution in [1.82, 2.24) is 9.55 Å². The second kappa shape index (κ2) is 7.23. The molecule has 0 aliphatic carbocycles. The third-order valence-corrected chi connectivity index (χ3v) is 4.49. The SMILES string of the molecule is O=C(C[C@H](c1cccc2ccccc12)n1cccc1)Nc1cccnc1. The average molecular weight is 341 g/mol. The standard InChI is InChI=1S/C22H19N3O/c26-22(24-18-9-6-12-23-16-18)15-21(25-13-3-4-14-25)20-11-5-8-17-7-1-2-10-19(17)20/h1-14,16,21H,15H2,(H,24,26)/t21-/m1/s1. The number of aromatic nitrogens is 2. The summed E-state index contributed by atoms with van der Waals surface area (Å²) in [5.74, 6) is -0.0374. The quantitative estimate of drug-likeness (QED) is 0.574. The number of hydrogen-bond acceptors (Lipinski definition) is 2. The van der Waals surface area contributed by atoms with Gasteiger partial charge in [0.2, 0.25) is 5.91 Å². The van der Waals surface area contributed by atoms with Crippen molar-refractivity contribution in [2.75, 3.05) is 5.32 Å². The predicted molar refractivity (Wildman–Crippen MR) is 104 cm³/mol. The van der Waals surface area contributed by atoms with Gasteiger partial charge < -0.3 is 9.88 Å². The molecular weight excluding hydrogens is 322 g/mol. The van der Waals surface area contributed by atoms with E-state index in [1.165, 1.54) is 10.8 Å². The van der Waals surface area contributed by atoms with Gasteiger partial charge in [-0.25, -0.2) is 0 Å². The van der Waals surface area contributed by atoms with Crippen molar-refractivity contribution in [1.29, 1.82) is 0 Å². The highest BCUT2D eigenvalue weighted by Crippen LogP contribution is 2.29. The Morgan fingerprint density at radius 1 is 0.962 bits per heavy atom. The molecule has 0 radical (unpaired) electrons. The van der Waals surface area contributed by atoms with E-state index in [4.69, 9.17) is 0 Å². The lowest BCUT2D eigenvalue weighted by molar-refractivity contribution is -0.116. The summed E-state index contributed by atoms with van der Waals surface area (Å²) in [4.78, 5) is 16.7. The van der Waals surface area contributed by atoms with Crippen LogP contribution in [0.4, 0.5) is 5.69 Å². The summed E-state index contributed by atoms with van der Waals surface area (Å²) in [7, 11) is 0. The third kappa shape index (κ3) is 3.35. The summed E-state index contributed by atoms with van der Waals surface area (Å²) in [6.07, 6.45) is 7.69. The second-order valence-electron chi connectivity index (χ2n) is 6.21. The van der Waals surface area contributed by atoms with Gasteiger partial charge in [-0.05, 0) is 40.6 Å². The highest BCUT2D eigenvalue weighted by molar-refractivity contribution is 5.92. The molecule has 0 unspecified atom stereocenters. The topological polar surface area (TPSA) is 46.9 Å². The fraction of sp³-hybridized carbons (Fsp3) is 0.0909. The number of nitrogens with one attached hydrogen (secondary N) is 1. The van der Waals surface area contributed by atoms with Crippen LogP contribution in [-0.4, -0.2) is 15.5 Å². The normalized spacial score (nSPS) is 12.0. The Balaban J connectivity index is 1.68. The lowest BCUT2D eigenvalue weighted by Crippen LogP contribution is -2.20. The smallest absolute Gasteiger partial charge is 0.226 e. The van der Waals surface area contributed by atoms with Crippen molar-refractivity contribution >= 4 is 22.4 Å². The lowest BCUT2D eigenvalue weighted by Gasteiger charge is -2.21. The Morgan fingerprint density at radius 2 is 1.77 bits per heavy atom. The molecule has 0 aliphatic rings. The van der Waals surface area contributed by atoms with E-state index in [9.17, 15) is 4.79 Å². The number of carbonyl (C=O) groups excluding carboxylic acids is 1. The highest BCUT2D eigenvalue weighted by atomic mass is 16.1. The molecule has 1 N–H and O–H groups in total. The third-order valence-electron chi connectivity index (χ3n) is 4.49. The summed E-state index contributed by atoms with van der Waals surface area (Å²) >= 11 is 0. The van der Waals surface area contributed by atoms with Crippen LogP contribution in [-0.2, 0) is 4.79 Å². The predicted octanol–water partition coefficient (Wildman–Crippen LogP) is 4.65. The van der Waals surface area contributed by atoms with Gasteiger partial charge in [-0.3, -0.25) is 9.78 Å². The molecule has 4 nitrogen and oxygen atoms in total. The van der Waals surface area contributed by atoms with Crippen LogP contribution in [0.25, 0.3) is 10.8 Å². The molecule has 4 rings (SSSR count). The summed E-state index contributed by atoms with van der Waals surface area (Å²) < 4.78 is 2.09. The van der Waals surface area contributed by atoms with Gasteiger partial charge >= 0.3 is 0 Å². The van der Waals surface area contributed by atoms with E-state index < -0.39 is 0 Å². The van der Waals surface area contributed by atoms with E-state index in [0.29, 0.717) is 12.1 Å². The Bertz CT molecular complexity index is 1000. The number of amides is 1. The summed E-state index contributed by atoms with van der Waals surface area (Å²) in [5, 5.41) is 5.28. The Hall–Kier alpha value is -3.40. The zero-order chi connectivity index (χ0) is 17.8. The zero-order valence-corrected chi connectivity index (χ0v) is 14.2. The Kier molecular flexibility index (Phi) is 4.48. The number of carbonyl (C=O) groups is 1. The fourth-order valence-corrected chi connectivity index (χ4v) is 3.30. The van der Waals surface area contributed by atoms with E-state index >= 15 is 0 Å². The van der Waals surface area contributed by atoms with Gasteiger partial charge in [0.1, 0.15) is 0 Å². The molecule has 26 heavy (non-hydrogen) atoms. The summed E-state index contributed by atoms with van der Waals surface area (Å²) in [6, 6.07) is 22.1. The van der Waals surface area contributed by atoms with Crippen molar-refractivity contribution in [3.05, 3.63) is 97.1 Å². The van der Waals surface area contributed by atoms with Gasteiger partial charge in [0.05, 0.1) is 24.3 Å². The molecule has 0 spiro atoms. The van der Waals surface area contributed by atoms with Crippen LogP contribution in [0, 0.1) is 0 Å². The van der Waals surface area contributed by atoms with E-state index in [1.807, 2.05) is 54.9 Å². The minimum atomic E-state index is -0.0761. The minimum absolute atomic E-state index is 0.0374. The van der Waals surface area contributed by atoms with Crippen molar-refractivity contribution in [3.8, 4) is 0 Å². The van der Waals surface area contributed by atoms with Crippen LogP contribution in [0.5, 0.6) is 0 Å². The number of anilines is 1. The average Bonchev–Trinajstić information content (AvgIpc) is 3.21. The number of nitrogens with zero attached hydrogens (tertiary/aromatic N) is 2. The second-order valence-corrected chi connectivity index (χ2v) is 6.21. The maximum absolute atomic E-state index is 12.7. The molecule has 4 heteroatoms. The van der Waals surface area contributed by atoms with Crippen molar-refractivity contribution in [2.45, 2.75) is 12.5 Å². The number of hydrogen-bond donors (Lipinski definition) is 1. The minimum Gasteiger partial charge on any atom is -0.346 e. The van der Waals surface area contributed by atoms with Crippen molar-refractivity contribution < 1.29 is 4.79 Å². The van der Waals surface area contributed by atoms with Crippen LogP contribution in [0.1, 0.15) is 18.0 Å². The van der Waals surface area contributed by atoms with Gasteiger partial charge in [0.15, 0.2) is 0 Å². The van der Waals surface area contributed by atoms with E-state index in [2.05, 4.69) is 39.1 Å². The van der Waals surface area contributed by atoms with Gasteiger partial charge in [0, 0.05) is 18.6 Å². The molecule has 1 atom stereocenters. The van der Waals surface area contributed by atoms with E-state index in [-0.39, 0.29) is 11.9 Å². The molecule has 2 aromatic carbocycles. The lowest BCUT2D eigenvalue weighted by atomic mass is 9.96. The van der Waals surface area contributed by atoms with E-state index in [1.54, 1.807) is 12.4 Å². The van der Waals surface area contributed by atoms with Crippen LogP contribution in [0.2, 0.25) is 0 Å². The first-order valence-corrected chi connectivity index (χ1v) is 8.61. The molecule has 0 aliphatic heterocycles. The van der Waals surface area contributed by atoms with Gasteiger partial charge in [0.25, 0.3) is 0 Å². The van der Waals surface area contributed by atoms with Gasteiger partial charge in [-0.2, -0.15) is 0 Å². The largest absolute Gasteiger partial charge is 0.346 e. The van der Waals surface area contributed by atoms with Gasteiger partial charge in [-0.15, -0.1) is 0 Å². The molecule has 2 heterocycles. The van der Waals surface area contributed by atoms with Crippen molar-refractivity contribution in [2.24, 2.45) is 0 Å². The van der Waals surface area contributed by atoms with E-state index in [0.717, 1.165) is 5.56 Å². The van der Waals surface area contributed by atoms with Crippen LogP contribution < -0.4 is 5.32 Å². The summed E-state index contributed by atoms with van der Waals surface area (Å²) in [6.45, 7) is 0. The zero-order valence-electron chi connectivity index (χ0n) is 14.2.